The van der Waals surface area contributed by atoms with Crippen LogP contribution in [0.5, 0.6) is 5.75 Å². The maximum absolute atomic E-state index is 5.73. The molecule has 0 bridgehead atoms. The van der Waals surface area contributed by atoms with E-state index in [2.05, 4.69) is 46.7 Å². The first kappa shape index (κ1) is 20.0. The van der Waals surface area contributed by atoms with Crippen LogP contribution in [0.2, 0.25) is 0 Å². The van der Waals surface area contributed by atoms with Crippen LogP contribution in [0.15, 0.2) is 59.6 Å². The van der Waals surface area contributed by atoms with E-state index in [-0.39, 0.29) is 0 Å². The maximum atomic E-state index is 5.73. The second-order valence-corrected chi connectivity index (χ2v) is 6.51. The summed E-state index contributed by atoms with van der Waals surface area (Å²) in [4.78, 5) is 7.14. The fraction of sp³-hybridized carbons (Fsp3) is 0.409. The van der Waals surface area contributed by atoms with Gasteiger partial charge in [0.05, 0.1) is 26.3 Å². The summed E-state index contributed by atoms with van der Waals surface area (Å²) in [5.74, 6) is 1.68. The van der Waals surface area contributed by atoms with E-state index in [0.29, 0.717) is 19.7 Å². The van der Waals surface area contributed by atoms with Crippen molar-refractivity contribution in [2.24, 2.45) is 4.99 Å². The van der Waals surface area contributed by atoms with Gasteiger partial charge in [-0.05, 0) is 30.7 Å². The molecule has 1 aliphatic rings. The predicted molar refractivity (Wildman–Crippen MR) is 114 cm³/mol. The molecule has 0 aromatic heterocycles. The number of ether oxygens (including phenoxy) is 2. The molecule has 0 spiro atoms. The molecule has 2 aromatic carbocycles. The maximum Gasteiger partial charge on any atom is 0.191 e. The van der Waals surface area contributed by atoms with Gasteiger partial charge in [-0.1, -0.05) is 36.4 Å². The summed E-state index contributed by atoms with van der Waals surface area (Å²) in [6, 6.07) is 18.3. The summed E-state index contributed by atoms with van der Waals surface area (Å²) in [5.41, 5.74) is 2.47. The van der Waals surface area contributed by atoms with E-state index in [1.54, 1.807) is 0 Å². The lowest BCUT2D eigenvalue weighted by molar-refractivity contribution is 0.122. The Bertz CT molecular complexity index is 730. The molecule has 3 rings (SSSR count). The van der Waals surface area contributed by atoms with Crippen molar-refractivity contribution >= 4 is 11.6 Å². The molecule has 28 heavy (non-hydrogen) atoms. The molecule has 0 aliphatic carbocycles. The van der Waals surface area contributed by atoms with Gasteiger partial charge in [0, 0.05) is 25.3 Å². The highest BCUT2D eigenvalue weighted by Gasteiger charge is 2.14. The lowest BCUT2D eigenvalue weighted by Crippen LogP contribution is -2.39. The molecule has 1 heterocycles. The van der Waals surface area contributed by atoms with Crippen molar-refractivity contribution in [1.29, 1.82) is 0 Å². The van der Waals surface area contributed by atoms with E-state index in [0.717, 1.165) is 44.6 Å². The smallest absolute Gasteiger partial charge is 0.191 e. The highest BCUT2D eigenvalue weighted by Crippen LogP contribution is 2.22. The molecular weight excluding hydrogens is 352 g/mol. The molecule has 0 amide bonds. The van der Waals surface area contributed by atoms with Gasteiger partial charge in [0.1, 0.15) is 12.4 Å². The normalized spacial score (nSPS) is 14.6. The minimum absolute atomic E-state index is 0.582. The summed E-state index contributed by atoms with van der Waals surface area (Å²) in [7, 11) is 0. The van der Waals surface area contributed by atoms with Gasteiger partial charge in [-0.25, -0.2) is 4.99 Å². The SMILES string of the molecule is CCNC(=NCc1ccccc1N1CCOCC1)NCCOc1ccccc1. The molecule has 1 fully saturated rings. The average Bonchev–Trinajstić information content (AvgIpc) is 2.76. The summed E-state index contributed by atoms with van der Waals surface area (Å²) in [6.07, 6.45) is 0. The van der Waals surface area contributed by atoms with Gasteiger partial charge in [0.15, 0.2) is 5.96 Å². The highest BCUT2D eigenvalue weighted by atomic mass is 16.5. The topological polar surface area (TPSA) is 58.1 Å². The number of aliphatic imine (C=N–C) groups is 1. The van der Waals surface area contributed by atoms with E-state index in [1.807, 2.05) is 30.3 Å². The number of rotatable bonds is 8. The Labute approximate surface area is 167 Å². The van der Waals surface area contributed by atoms with Crippen LogP contribution < -0.4 is 20.3 Å². The van der Waals surface area contributed by atoms with E-state index in [4.69, 9.17) is 14.5 Å². The summed E-state index contributed by atoms with van der Waals surface area (Å²) in [5, 5.41) is 6.64. The second-order valence-electron chi connectivity index (χ2n) is 6.51. The molecule has 6 heteroatoms. The molecule has 2 aromatic rings. The van der Waals surface area contributed by atoms with Crippen LogP contribution in [0, 0.1) is 0 Å². The second kappa shape index (κ2) is 11.2. The van der Waals surface area contributed by atoms with Gasteiger partial charge < -0.3 is 25.0 Å². The summed E-state index contributed by atoms with van der Waals surface area (Å²) < 4.78 is 11.2. The Balaban J connectivity index is 1.55. The third-order valence-corrected chi connectivity index (χ3v) is 4.50. The highest BCUT2D eigenvalue weighted by molar-refractivity contribution is 5.79. The fourth-order valence-electron chi connectivity index (χ4n) is 3.12. The standard InChI is InChI=1S/C22H30N4O2/c1-2-23-22(24-12-15-28-20-9-4-3-5-10-20)25-18-19-8-6-7-11-21(19)26-13-16-27-17-14-26/h3-11H,2,12-18H2,1H3,(H2,23,24,25). The lowest BCUT2D eigenvalue weighted by atomic mass is 10.1. The number of anilines is 1. The molecular formula is C22H30N4O2. The van der Waals surface area contributed by atoms with E-state index < -0.39 is 0 Å². The first-order chi connectivity index (χ1) is 13.9. The number of morpholine rings is 1. The number of benzene rings is 2. The van der Waals surface area contributed by atoms with Gasteiger partial charge >= 0.3 is 0 Å². The molecule has 0 unspecified atom stereocenters. The van der Waals surface area contributed by atoms with Crippen LogP contribution in [-0.2, 0) is 11.3 Å². The minimum Gasteiger partial charge on any atom is -0.492 e. The lowest BCUT2D eigenvalue weighted by Gasteiger charge is -2.30. The molecule has 0 radical (unpaired) electrons. The van der Waals surface area contributed by atoms with Crippen molar-refractivity contribution in [1.82, 2.24) is 10.6 Å². The Kier molecular flexibility index (Phi) is 8.00. The molecule has 1 aliphatic heterocycles. The van der Waals surface area contributed by atoms with Crippen molar-refractivity contribution in [3.8, 4) is 5.75 Å². The summed E-state index contributed by atoms with van der Waals surface area (Å²) in [6.45, 7) is 8.20. The molecule has 150 valence electrons. The predicted octanol–water partition coefficient (Wildman–Crippen LogP) is 2.66. The van der Waals surface area contributed by atoms with Crippen LogP contribution in [-0.4, -0.2) is 52.0 Å². The summed E-state index contributed by atoms with van der Waals surface area (Å²) >= 11 is 0. The van der Waals surface area contributed by atoms with Crippen LogP contribution in [0.3, 0.4) is 0 Å². The van der Waals surface area contributed by atoms with Crippen molar-refractivity contribution in [2.45, 2.75) is 13.5 Å². The van der Waals surface area contributed by atoms with Crippen molar-refractivity contribution in [3.63, 3.8) is 0 Å². The Morgan fingerprint density at radius 3 is 2.57 bits per heavy atom. The van der Waals surface area contributed by atoms with Crippen molar-refractivity contribution < 1.29 is 9.47 Å². The largest absolute Gasteiger partial charge is 0.492 e. The van der Waals surface area contributed by atoms with Crippen LogP contribution in [0.4, 0.5) is 5.69 Å². The molecule has 0 saturated carbocycles. The molecule has 2 N–H and O–H groups in total. The number of nitrogens with one attached hydrogen (secondary N) is 2. The van der Waals surface area contributed by atoms with Crippen LogP contribution in [0.1, 0.15) is 12.5 Å². The van der Waals surface area contributed by atoms with E-state index in [9.17, 15) is 0 Å². The van der Waals surface area contributed by atoms with E-state index in [1.165, 1.54) is 11.3 Å². The number of nitrogens with zero attached hydrogens (tertiary/aromatic N) is 2. The molecule has 1 saturated heterocycles. The zero-order chi connectivity index (χ0) is 19.4. The van der Waals surface area contributed by atoms with E-state index >= 15 is 0 Å². The van der Waals surface area contributed by atoms with Gasteiger partial charge in [-0.3, -0.25) is 0 Å². The van der Waals surface area contributed by atoms with Crippen molar-refractivity contribution in [2.75, 3.05) is 50.9 Å². The number of hydrogen-bond donors (Lipinski definition) is 2. The number of para-hydroxylation sites is 2. The number of guanidine groups is 1. The minimum atomic E-state index is 0.582. The Morgan fingerprint density at radius 2 is 1.79 bits per heavy atom. The zero-order valence-electron chi connectivity index (χ0n) is 16.6. The third-order valence-electron chi connectivity index (χ3n) is 4.50. The van der Waals surface area contributed by atoms with Gasteiger partial charge in [-0.15, -0.1) is 0 Å². The quantitative estimate of drug-likeness (QED) is 0.418. The monoisotopic (exact) mass is 382 g/mol. The van der Waals surface area contributed by atoms with Crippen LogP contribution in [0.25, 0.3) is 0 Å². The average molecular weight is 383 g/mol. The fourth-order valence-corrected chi connectivity index (χ4v) is 3.12. The Hall–Kier alpha value is -2.73. The first-order valence-electron chi connectivity index (χ1n) is 9.97. The molecule has 6 nitrogen and oxygen atoms in total. The Morgan fingerprint density at radius 1 is 1.04 bits per heavy atom. The van der Waals surface area contributed by atoms with Gasteiger partial charge in [0.2, 0.25) is 0 Å². The molecule has 0 atom stereocenters. The zero-order valence-corrected chi connectivity index (χ0v) is 16.6. The van der Waals surface area contributed by atoms with Crippen molar-refractivity contribution in [3.05, 3.63) is 60.2 Å². The van der Waals surface area contributed by atoms with Gasteiger partial charge in [0.25, 0.3) is 0 Å². The first-order valence-corrected chi connectivity index (χ1v) is 9.97. The third kappa shape index (κ3) is 6.16. The van der Waals surface area contributed by atoms with Crippen LogP contribution >= 0.6 is 0 Å². The number of hydrogen-bond acceptors (Lipinski definition) is 4. The van der Waals surface area contributed by atoms with Gasteiger partial charge in [-0.2, -0.15) is 0 Å².